The number of esters is 1. The third-order valence-electron chi connectivity index (χ3n) is 7.12. The summed E-state index contributed by atoms with van der Waals surface area (Å²) in [4.78, 5) is 34.7. The lowest BCUT2D eigenvalue weighted by Crippen LogP contribution is -2.29. The van der Waals surface area contributed by atoms with Crippen LogP contribution >= 0.6 is 0 Å². The second kappa shape index (κ2) is 13.6. The number of aliphatic imine (C=N–C) groups is 1. The molecule has 4 aromatic carbocycles. The lowest BCUT2D eigenvalue weighted by Gasteiger charge is -2.25. The predicted molar refractivity (Wildman–Crippen MR) is 170 cm³/mol. The molecule has 0 spiro atoms. The number of likely N-dealkylation sites (N-methyl/N-ethyl adjacent to an activating group) is 1. The molecule has 0 saturated carbocycles. The third kappa shape index (κ3) is 6.50. The van der Waals surface area contributed by atoms with E-state index in [2.05, 4.69) is 41.3 Å². The molecule has 0 bridgehead atoms. The van der Waals surface area contributed by atoms with E-state index in [1.807, 2.05) is 74.5 Å². The second-order valence-electron chi connectivity index (χ2n) is 10.0. The smallest absolute Gasteiger partial charge is 0.340 e. The van der Waals surface area contributed by atoms with Gasteiger partial charge in [-0.15, -0.1) is 0 Å². The van der Waals surface area contributed by atoms with Gasteiger partial charge in [-0.25, -0.2) is 9.79 Å². The second-order valence-corrected chi connectivity index (χ2v) is 10.0. The Balaban J connectivity index is 1.40. The highest BCUT2D eigenvalue weighted by molar-refractivity contribution is 6.18. The zero-order chi connectivity index (χ0) is 29.3. The third-order valence-corrected chi connectivity index (χ3v) is 7.12. The summed E-state index contributed by atoms with van der Waals surface area (Å²) in [5.41, 5.74) is 5.65. The summed E-state index contributed by atoms with van der Waals surface area (Å²) in [6, 6.07) is 35.8. The van der Waals surface area contributed by atoms with Gasteiger partial charge in [-0.05, 0) is 73.5 Å². The Kier molecular flexibility index (Phi) is 9.24. The summed E-state index contributed by atoms with van der Waals surface area (Å²) in [7, 11) is 0. The van der Waals surface area contributed by atoms with E-state index in [1.165, 1.54) is 0 Å². The van der Waals surface area contributed by atoms with Gasteiger partial charge in [0.15, 0.2) is 0 Å². The van der Waals surface area contributed by atoms with E-state index >= 15 is 0 Å². The fourth-order valence-electron chi connectivity index (χ4n) is 4.96. The molecule has 0 radical (unpaired) electrons. The summed E-state index contributed by atoms with van der Waals surface area (Å²) in [6.45, 7) is 4.84. The van der Waals surface area contributed by atoms with E-state index in [-0.39, 0.29) is 5.91 Å². The number of carbonyl (C=O) groups is 2. The molecule has 1 saturated heterocycles. The fraction of sp³-hybridized carbons (Fsp3) is 0.194. The van der Waals surface area contributed by atoms with Gasteiger partial charge in [-0.2, -0.15) is 0 Å². The average Bonchev–Trinajstić information content (AvgIpc) is 3.32. The van der Waals surface area contributed by atoms with Crippen molar-refractivity contribution in [1.29, 1.82) is 0 Å². The average molecular weight is 558 g/mol. The van der Waals surface area contributed by atoms with Crippen molar-refractivity contribution < 1.29 is 14.3 Å². The number of rotatable bonds is 10. The highest BCUT2D eigenvalue weighted by Gasteiger charge is 2.31. The van der Waals surface area contributed by atoms with Gasteiger partial charge in [0.2, 0.25) is 0 Å². The number of anilines is 3. The van der Waals surface area contributed by atoms with Crippen LogP contribution in [-0.2, 0) is 9.53 Å². The van der Waals surface area contributed by atoms with E-state index in [0.29, 0.717) is 42.2 Å². The Morgan fingerprint density at radius 2 is 1.43 bits per heavy atom. The summed E-state index contributed by atoms with van der Waals surface area (Å²) in [5, 5.41) is 0. The number of ether oxygens (including phenoxy) is 1. The van der Waals surface area contributed by atoms with Crippen LogP contribution in [-0.4, -0.2) is 35.8 Å². The van der Waals surface area contributed by atoms with Crippen molar-refractivity contribution in [2.75, 3.05) is 18.1 Å². The fourth-order valence-corrected chi connectivity index (χ4v) is 4.96. The van der Waals surface area contributed by atoms with Crippen molar-refractivity contribution in [3.63, 3.8) is 0 Å². The number of likely N-dealkylation sites (tertiary alicyclic amines) is 1. The monoisotopic (exact) mass is 557 g/mol. The number of carbonyl (C=O) groups excluding carboxylic acids is 2. The van der Waals surface area contributed by atoms with Crippen LogP contribution in [0.1, 0.15) is 49.0 Å². The summed E-state index contributed by atoms with van der Waals surface area (Å²) in [6.07, 6.45) is 4.07. The largest absolute Gasteiger partial charge is 0.462 e. The Morgan fingerprint density at radius 3 is 2.05 bits per heavy atom. The van der Waals surface area contributed by atoms with E-state index in [9.17, 15) is 9.59 Å². The lowest BCUT2D eigenvalue weighted by molar-refractivity contribution is -0.122. The quantitative estimate of drug-likeness (QED) is 0.111. The van der Waals surface area contributed by atoms with E-state index in [0.717, 1.165) is 35.5 Å². The number of hydrogen-bond donors (Lipinski definition) is 0. The minimum absolute atomic E-state index is 0.0708. The maximum Gasteiger partial charge on any atom is 0.340 e. The SMILES string of the molecule is CCCCOC(=O)c1ccccc1/N=C1/C/C(=C/c2ccc(N(c3ccccc3)c3ccccc3)cc2)C(=O)N1CC. The molecule has 6 heteroatoms. The van der Waals surface area contributed by atoms with Gasteiger partial charge >= 0.3 is 5.97 Å². The number of nitrogens with zero attached hydrogens (tertiary/aromatic N) is 3. The van der Waals surface area contributed by atoms with Gasteiger partial charge in [-0.1, -0.05) is 74.0 Å². The number of unbranched alkanes of at least 4 members (excludes halogenated alkanes) is 1. The molecule has 1 aliphatic rings. The molecule has 0 atom stereocenters. The molecule has 0 unspecified atom stereocenters. The van der Waals surface area contributed by atoms with Crippen molar-refractivity contribution in [3.05, 3.63) is 126 Å². The van der Waals surface area contributed by atoms with Gasteiger partial charge in [-0.3, -0.25) is 9.69 Å². The first-order valence-corrected chi connectivity index (χ1v) is 14.5. The van der Waals surface area contributed by atoms with E-state index in [4.69, 9.17) is 9.73 Å². The van der Waals surface area contributed by atoms with Crippen molar-refractivity contribution in [2.24, 2.45) is 4.99 Å². The van der Waals surface area contributed by atoms with Crippen LogP contribution in [0.2, 0.25) is 0 Å². The summed E-state index contributed by atoms with van der Waals surface area (Å²) in [5.74, 6) is 0.156. The van der Waals surface area contributed by atoms with Crippen LogP contribution in [0.5, 0.6) is 0 Å². The molecule has 1 amide bonds. The zero-order valence-corrected chi connectivity index (χ0v) is 24.1. The van der Waals surface area contributed by atoms with E-state index in [1.54, 1.807) is 23.1 Å². The molecule has 5 rings (SSSR count). The molecule has 0 N–H and O–H groups in total. The lowest BCUT2D eigenvalue weighted by atomic mass is 10.1. The van der Waals surface area contributed by atoms with Gasteiger partial charge in [0.25, 0.3) is 5.91 Å². The molecular weight excluding hydrogens is 522 g/mol. The number of para-hydroxylation sites is 3. The molecule has 4 aromatic rings. The highest BCUT2D eigenvalue weighted by atomic mass is 16.5. The van der Waals surface area contributed by atoms with Crippen LogP contribution < -0.4 is 4.90 Å². The molecule has 1 aliphatic heterocycles. The normalized spacial score (nSPS) is 14.9. The molecule has 6 nitrogen and oxygen atoms in total. The number of amides is 1. The van der Waals surface area contributed by atoms with Crippen LogP contribution in [0, 0.1) is 0 Å². The van der Waals surface area contributed by atoms with Gasteiger partial charge < -0.3 is 9.64 Å². The molecule has 212 valence electrons. The molecule has 1 heterocycles. The predicted octanol–water partition coefficient (Wildman–Crippen LogP) is 8.48. The Labute approximate surface area is 247 Å². The Bertz CT molecular complexity index is 1540. The maximum absolute atomic E-state index is 13.4. The topological polar surface area (TPSA) is 62.2 Å². The van der Waals surface area contributed by atoms with Gasteiger partial charge in [0, 0.05) is 35.6 Å². The maximum atomic E-state index is 13.4. The van der Waals surface area contributed by atoms with E-state index < -0.39 is 5.97 Å². The summed E-state index contributed by atoms with van der Waals surface area (Å²) >= 11 is 0. The molecule has 1 fully saturated rings. The van der Waals surface area contributed by atoms with Crippen molar-refractivity contribution in [1.82, 2.24) is 4.90 Å². The van der Waals surface area contributed by atoms with Crippen LogP contribution in [0.3, 0.4) is 0 Å². The molecular formula is C36H35N3O3. The summed E-state index contributed by atoms with van der Waals surface area (Å²) < 4.78 is 5.43. The first kappa shape index (κ1) is 28.6. The first-order chi connectivity index (χ1) is 20.6. The molecule has 0 aromatic heterocycles. The van der Waals surface area contributed by atoms with Crippen LogP contribution in [0.4, 0.5) is 22.7 Å². The van der Waals surface area contributed by atoms with Gasteiger partial charge in [0.1, 0.15) is 5.84 Å². The highest BCUT2D eigenvalue weighted by Crippen LogP contribution is 2.34. The minimum Gasteiger partial charge on any atom is -0.462 e. The van der Waals surface area contributed by atoms with Crippen molar-refractivity contribution >= 4 is 46.5 Å². The zero-order valence-electron chi connectivity index (χ0n) is 24.1. The number of amidine groups is 1. The Hall–Kier alpha value is -4.97. The van der Waals surface area contributed by atoms with Crippen molar-refractivity contribution in [3.8, 4) is 0 Å². The van der Waals surface area contributed by atoms with Crippen molar-refractivity contribution in [2.45, 2.75) is 33.1 Å². The van der Waals surface area contributed by atoms with Gasteiger partial charge in [0.05, 0.1) is 17.9 Å². The minimum atomic E-state index is -0.397. The molecule has 42 heavy (non-hydrogen) atoms. The number of hydrogen-bond acceptors (Lipinski definition) is 5. The standard InChI is InChI=1S/C36H35N3O3/c1-3-5-24-42-36(41)32-18-12-13-19-33(32)37-34-26-28(35(40)38(34)4-2)25-27-20-22-31(23-21-27)39(29-14-8-6-9-15-29)30-16-10-7-11-17-30/h6-23,25H,3-5,24,26H2,1-2H3/b28-25-,37-34-. The van der Waals surface area contributed by atoms with Crippen LogP contribution in [0.25, 0.3) is 6.08 Å². The molecule has 0 aliphatic carbocycles. The number of benzene rings is 4. The first-order valence-electron chi connectivity index (χ1n) is 14.5. The van der Waals surface area contributed by atoms with Crippen LogP contribution in [0.15, 0.2) is 120 Å². The Morgan fingerprint density at radius 1 is 0.833 bits per heavy atom.